The molecule has 1 heteroatoms. The summed E-state index contributed by atoms with van der Waals surface area (Å²) in [7, 11) is 0. The Morgan fingerprint density at radius 1 is 1.00 bits per heavy atom. The maximum absolute atomic E-state index is 3.28. The van der Waals surface area contributed by atoms with Crippen molar-refractivity contribution in [3.05, 3.63) is 59.7 Å². The van der Waals surface area contributed by atoms with Crippen LogP contribution in [0.15, 0.2) is 42.5 Å². The van der Waals surface area contributed by atoms with Crippen LogP contribution in [-0.4, -0.2) is 0 Å². The van der Waals surface area contributed by atoms with Gasteiger partial charge in [-0.1, -0.05) is 50.1 Å². The molecule has 0 fully saturated rings. The molecule has 0 amide bonds. The predicted octanol–water partition coefficient (Wildman–Crippen LogP) is 4.76. The third-order valence-corrected chi connectivity index (χ3v) is 3.09. The summed E-state index contributed by atoms with van der Waals surface area (Å²) in [5.74, 6) is 0. The first-order chi connectivity index (χ1) is 7.98. The minimum Gasteiger partial charge on any atom is -0.147 e. The molecule has 0 aliphatic rings. The standard InChI is InChI=1S/C17H19.Y/c1-13-12-15(17(2,3)4)10-11-16(13)14-8-6-5-7-9-14;/h5-8,10-12H,1-4H3;/q-1;. The minimum absolute atomic E-state index is 0. The fourth-order valence-electron chi connectivity index (χ4n) is 1.99. The molecule has 2 aromatic rings. The van der Waals surface area contributed by atoms with Crippen molar-refractivity contribution in [2.24, 2.45) is 0 Å². The van der Waals surface area contributed by atoms with E-state index < -0.39 is 0 Å². The van der Waals surface area contributed by atoms with Gasteiger partial charge >= 0.3 is 0 Å². The summed E-state index contributed by atoms with van der Waals surface area (Å²) in [6, 6.07) is 18.1. The van der Waals surface area contributed by atoms with Crippen LogP contribution in [0, 0.1) is 13.0 Å². The molecule has 91 valence electrons. The van der Waals surface area contributed by atoms with Gasteiger partial charge in [0, 0.05) is 32.7 Å². The Hall–Kier alpha value is -0.456. The summed E-state index contributed by atoms with van der Waals surface area (Å²) in [5, 5.41) is 0. The van der Waals surface area contributed by atoms with Crippen LogP contribution in [0.5, 0.6) is 0 Å². The summed E-state index contributed by atoms with van der Waals surface area (Å²) >= 11 is 0. The Kier molecular flexibility index (Phi) is 5.31. The minimum atomic E-state index is 0. The number of rotatable bonds is 1. The fourth-order valence-corrected chi connectivity index (χ4v) is 1.99. The second kappa shape index (κ2) is 6.13. The van der Waals surface area contributed by atoms with Gasteiger partial charge in [-0.25, -0.2) is 0 Å². The zero-order chi connectivity index (χ0) is 12.5. The molecule has 2 rings (SSSR count). The molecule has 0 N–H and O–H groups in total. The van der Waals surface area contributed by atoms with Crippen LogP contribution in [0.3, 0.4) is 0 Å². The zero-order valence-electron chi connectivity index (χ0n) is 11.6. The van der Waals surface area contributed by atoms with Crippen LogP contribution in [-0.2, 0) is 38.1 Å². The van der Waals surface area contributed by atoms with E-state index in [1.807, 2.05) is 12.1 Å². The molecular weight excluding hydrogens is 293 g/mol. The second-order valence-electron chi connectivity index (χ2n) is 5.56. The van der Waals surface area contributed by atoms with Crippen LogP contribution >= 0.6 is 0 Å². The quantitative estimate of drug-likeness (QED) is 0.666. The van der Waals surface area contributed by atoms with E-state index in [9.17, 15) is 0 Å². The Balaban J connectivity index is 0.00000162. The van der Waals surface area contributed by atoms with Crippen LogP contribution in [0.4, 0.5) is 0 Å². The van der Waals surface area contributed by atoms with E-state index >= 15 is 0 Å². The molecule has 0 saturated heterocycles. The monoisotopic (exact) mass is 312 g/mol. The molecule has 0 spiro atoms. The van der Waals surface area contributed by atoms with Crippen molar-refractivity contribution in [2.75, 3.05) is 0 Å². The molecule has 1 radical (unpaired) electrons. The fraction of sp³-hybridized carbons (Fsp3) is 0.294. The first kappa shape index (κ1) is 15.6. The Morgan fingerprint density at radius 3 is 2.22 bits per heavy atom. The van der Waals surface area contributed by atoms with Crippen LogP contribution < -0.4 is 0 Å². The molecule has 0 heterocycles. The molecule has 18 heavy (non-hydrogen) atoms. The molecule has 0 atom stereocenters. The second-order valence-corrected chi connectivity index (χ2v) is 5.56. The van der Waals surface area contributed by atoms with E-state index in [0.29, 0.717) is 0 Å². The number of hydrogen-bond donors (Lipinski definition) is 0. The van der Waals surface area contributed by atoms with Crippen molar-refractivity contribution < 1.29 is 32.7 Å². The van der Waals surface area contributed by atoms with Crippen molar-refractivity contribution in [2.45, 2.75) is 33.1 Å². The third-order valence-electron chi connectivity index (χ3n) is 3.09. The summed E-state index contributed by atoms with van der Waals surface area (Å²) in [6.07, 6.45) is 0. The first-order valence-electron chi connectivity index (χ1n) is 6.07. The molecule has 0 aliphatic carbocycles. The molecule has 0 aliphatic heterocycles. The third kappa shape index (κ3) is 3.52. The average Bonchev–Trinajstić information content (AvgIpc) is 2.29. The summed E-state index contributed by atoms with van der Waals surface area (Å²) < 4.78 is 0. The average molecular weight is 312 g/mol. The molecule has 0 saturated carbocycles. The van der Waals surface area contributed by atoms with Crippen molar-refractivity contribution in [1.82, 2.24) is 0 Å². The van der Waals surface area contributed by atoms with E-state index in [4.69, 9.17) is 0 Å². The van der Waals surface area contributed by atoms with Crippen molar-refractivity contribution in [3.8, 4) is 11.1 Å². The summed E-state index contributed by atoms with van der Waals surface area (Å²) in [4.78, 5) is 0. The maximum Gasteiger partial charge on any atom is 0 e. The smallest absolute Gasteiger partial charge is 0 e. The van der Waals surface area contributed by atoms with Gasteiger partial charge in [0.05, 0.1) is 0 Å². The number of benzene rings is 2. The van der Waals surface area contributed by atoms with E-state index in [2.05, 4.69) is 64.1 Å². The van der Waals surface area contributed by atoms with Gasteiger partial charge in [-0.3, -0.25) is 0 Å². The van der Waals surface area contributed by atoms with Gasteiger partial charge in [0.2, 0.25) is 0 Å². The van der Waals surface area contributed by atoms with E-state index in [1.165, 1.54) is 22.3 Å². The molecule has 2 aromatic carbocycles. The summed E-state index contributed by atoms with van der Waals surface area (Å²) in [6.45, 7) is 8.91. The van der Waals surface area contributed by atoms with Gasteiger partial charge in [-0.2, -0.15) is 0 Å². The van der Waals surface area contributed by atoms with Crippen LogP contribution in [0.2, 0.25) is 0 Å². The van der Waals surface area contributed by atoms with Crippen molar-refractivity contribution in [1.29, 1.82) is 0 Å². The van der Waals surface area contributed by atoms with Gasteiger partial charge in [0.1, 0.15) is 0 Å². The first-order valence-corrected chi connectivity index (χ1v) is 6.07. The maximum atomic E-state index is 3.28. The SMILES string of the molecule is Cc1cc(C(C)(C)C)ccc1-c1[c-]cccc1.[Y]. The van der Waals surface area contributed by atoms with E-state index in [-0.39, 0.29) is 38.1 Å². The zero-order valence-corrected chi connectivity index (χ0v) is 14.5. The Morgan fingerprint density at radius 2 is 1.72 bits per heavy atom. The van der Waals surface area contributed by atoms with Crippen molar-refractivity contribution >= 4 is 0 Å². The van der Waals surface area contributed by atoms with Gasteiger partial charge < -0.3 is 0 Å². The number of hydrogen-bond acceptors (Lipinski definition) is 0. The number of aryl methyl sites for hydroxylation is 1. The molecule has 0 bridgehead atoms. The molecule has 0 aromatic heterocycles. The van der Waals surface area contributed by atoms with Gasteiger partial charge in [-0.05, 0) is 17.9 Å². The molecular formula is C17H19Y-. The molecule has 0 nitrogen and oxygen atoms in total. The Labute approximate surface area is 136 Å². The van der Waals surface area contributed by atoms with Crippen LogP contribution in [0.25, 0.3) is 11.1 Å². The van der Waals surface area contributed by atoms with Crippen LogP contribution in [0.1, 0.15) is 31.9 Å². The van der Waals surface area contributed by atoms with E-state index in [1.54, 1.807) is 0 Å². The van der Waals surface area contributed by atoms with Gasteiger partial charge in [-0.15, -0.1) is 35.9 Å². The Bertz CT molecular complexity index is 507. The normalized spacial score (nSPS) is 10.9. The topological polar surface area (TPSA) is 0 Å². The van der Waals surface area contributed by atoms with Gasteiger partial charge in [0.25, 0.3) is 0 Å². The predicted molar refractivity (Wildman–Crippen MR) is 74.2 cm³/mol. The largest absolute Gasteiger partial charge is 0.147 e. The van der Waals surface area contributed by atoms with E-state index in [0.717, 1.165) is 0 Å². The van der Waals surface area contributed by atoms with Crippen molar-refractivity contribution in [3.63, 3.8) is 0 Å². The summed E-state index contributed by atoms with van der Waals surface area (Å²) in [5.41, 5.74) is 5.36. The van der Waals surface area contributed by atoms with Gasteiger partial charge in [0.15, 0.2) is 0 Å². The molecule has 0 unspecified atom stereocenters.